The van der Waals surface area contributed by atoms with Gasteiger partial charge in [0, 0.05) is 32.9 Å². The van der Waals surface area contributed by atoms with Crippen LogP contribution in [-0.2, 0) is 4.74 Å². The Morgan fingerprint density at radius 1 is 1.44 bits per heavy atom. The van der Waals surface area contributed by atoms with Crippen LogP contribution in [0.4, 0.5) is 10.5 Å². The maximum absolute atomic E-state index is 12.4. The second-order valence-electron chi connectivity index (χ2n) is 6.57. The van der Waals surface area contributed by atoms with Crippen LogP contribution >= 0.6 is 11.6 Å². The Hall–Kier alpha value is -1.50. The van der Waals surface area contributed by atoms with E-state index in [-0.39, 0.29) is 6.03 Å². The molecule has 0 aliphatic carbocycles. The molecule has 1 saturated heterocycles. The predicted octanol–water partition coefficient (Wildman–Crippen LogP) is 3.17. The van der Waals surface area contributed by atoms with Crippen LogP contribution in [0, 0.1) is 5.92 Å². The molecule has 1 fully saturated rings. The second kappa shape index (κ2) is 9.85. The van der Waals surface area contributed by atoms with E-state index >= 15 is 0 Å². The lowest BCUT2D eigenvalue weighted by molar-refractivity contribution is 0.146. The minimum atomic E-state index is -0.127. The summed E-state index contributed by atoms with van der Waals surface area (Å²) in [5, 5.41) is 3.35. The van der Waals surface area contributed by atoms with E-state index in [1.165, 1.54) is 12.8 Å². The molecule has 2 rings (SSSR count). The molecule has 0 spiro atoms. The van der Waals surface area contributed by atoms with Gasteiger partial charge in [-0.2, -0.15) is 0 Å². The number of nitrogens with one attached hydrogen (secondary N) is 1. The SMILES string of the molecule is COCCOc1ccc(NC(=O)N(C)C[C@@H]2CCCN(C)C2)cc1Cl. The van der Waals surface area contributed by atoms with Crippen LogP contribution < -0.4 is 10.1 Å². The van der Waals surface area contributed by atoms with E-state index in [0.29, 0.717) is 35.6 Å². The lowest BCUT2D eigenvalue weighted by atomic mass is 9.98. The van der Waals surface area contributed by atoms with Gasteiger partial charge < -0.3 is 24.6 Å². The van der Waals surface area contributed by atoms with E-state index in [1.807, 2.05) is 7.05 Å². The Kier molecular flexibility index (Phi) is 7.81. The number of hydrogen-bond acceptors (Lipinski definition) is 4. The number of halogens is 1. The molecule has 1 aromatic rings. The van der Waals surface area contributed by atoms with Gasteiger partial charge >= 0.3 is 6.03 Å². The number of likely N-dealkylation sites (tertiary alicyclic amines) is 1. The van der Waals surface area contributed by atoms with E-state index in [9.17, 15) is 4.79 Å². The highest BCUT2D eigenvalue weighted by molar-refractivity contribution is 6.32. The Labute approximate surface area is 155 Å². The van der Waals surface area contributed by atoms with Crippen molar-refractivity contribution in [2.24, 2.45) is 5.92 Å². The van der Waals surface area contributed by atoms with Gasteiger partial charge in [-0.05, 0) is 50.6 Å². The molecule has 0 radical (unpaired) electrons. The summed E-state index contributed by atoms with van der Waals surface area (Å²) in [5.41, 5.74) is 0.654. The molecule has 1 atom stereocenters. The summed E-state index contributed by atoms with van der Waals surface area (Å²) < 4.78 is 10.5. The molecule has 1 aliphatic rings. The van der Waals surface area contributed by atoms with Crippen molar-refractivity contribution in [3.63, 3.8) is 0 Å². The number of nitrogens with zero attached hydrogens (tertiary/aromatic N) is 2. The van der Waals surface area contributed by atoms with Crippen molar-refractivity contribution >= 4 is 23.3 Å². The van der Waals surface area contributed by atoms with E-state index in [2.05, 4.69) is 17.3 Å². The van der Waals surface area contributed by atoms with Gasteiger partial charge in [0.1, 0.15) is 12.4 Å². The normalized spacial score (nSPS) is 18.0. The number of anilines is 1. The minimum Gasteiger partial charge on any atom is -0.490 e. The summed E-state index contributed by atoms with van der Waals surface area (Å²) >= 11 is 6.21. The van der Waals surface area contributed by atoms with Crippen molar-refractivity contribution in [3.05, 3.63) is 23.2 Å². The van der Waals surface area contributed by atoms with Crippen molar-refractivity contribution in [1.82, 2.24) is 9.80 Å². The van der Waals surface area contributed by atoms with Crippen molar-refractivity contribution < 1.29 is 14.3 Å². The molecule has 140 valence electrons. The van der Waals surface area contributed by atoms with Crippen LogP contribution in [0.1, 0.15) is 12.8 Å². The monoisotopic (exact) mass is 369 g/mol. The number of piperidine rings is 1. The molecule has 1 heterocycles. The van der Waals surface area contributed by atoms with Crippen LogP contribution in [0.2, 0.25) is 5.02 Å². The average molecular weight is 370 g/mol. The molecule has 7 heteroatoms. The highest BCUT2D eigenvalue weighted by atomic mass is 35.5. The molecule has 0 aromatic heterocycles. The summed E-state index contributed by atoms with van der Waals surface area (Å²) in [5.74, 6) is 1.10. The number of carbonyl (C=O) groups excluding carboxylic acids is 1. The summed E-state index contributed by atoms with van der Waals surface area (Å²) in [6, 6.07) is 5.11. The molecule has 1 N–H and O–H groups in total. The van der Waals surface area contributed by atoms with Gasteiger partial charge in [0.15, 0.2) is 0 Å². The third kappa shape index (κ3) is 6.38. The van der Waals surface area contributed by atoms with Crippen LogP contribution in [-0.4, -0.2) is 69.9 Å². The van der Waals surface area contributed by atoms with Crippen LogP contribution in [0.25, 0.3) is 0 Å². The topological polar surface area (TPSA) is 54.0 Å². The smallest absolute Gasteiger partial charge is 0.321 e. The van der Waals surface area contributed by atoms with E-state index in [4.69, 9.17) is 21.1 Å². The Morgan fingerprint density at radius 2 is 2.24 bits per heavy atom. The predicted molar refractivity (Wildman–Crippen MR) is 101 cm³/mol. The van der Waals surface area contributed by atoms with Crippen molar-refractivity contribution in [3.8, 4) is 5.75 Å². The average Bonchev–Trinajstić information content (AvgIpc) is 2.57. The molecule has 0 bridgehead atoms. The fraction of sp³-hybridized carbons (Fsp3) is 0.611. The zero-order chi connectivity index (χ0) is 18.2. The number of benzene rings is 1. The first kappa shape index (κ1) is 19.8. The van der Waals surface area contributed by atoms with Crippen molar-refractivity contribution in [2.45, 2.75) is 12.8 Å². The van der Waals surface area contributed by atoms with Gasteiger partial charge in [0.25, 0.3) is 0 Å². The van der Waals surface area contributed by atoms with Gasteiger partial charge in [-0.3, -0.25) is 0 Å². The van der Waals surface area contributed by atoms with Crippen LogP contribution in [0.3, 0.4) is 0 Å². The number of rotatable bonds is 7. The summed E-state index contributed by atoms with van der Waals surface area (Å²) in [4.78, 5) is 16.4. The van der Waals surface area contributed by atoms with E-state index in [0.717, 1.165) is 19.6 Å². The molecule has 25 heavy (non-hydrogen) atoms. The Balaban J connectivity index is 1.85. The highest BCUT2D eigenvalue weighted by Crippen LogP contribution is 2.28. The van der Waals surface area contributed by atoms with Crippen LogP contribution in [0.15, 0.2) is 18.2 Å². The number of carbonyl (C=O) groups is 1. The number of hydrogen-bond donors (Lipinski definition) is 1. The molecule has 1 aliphatic heterocycles. The third-order valence-corrected chi connectivity index (χ3v) is 4.62. The lowest BCUT2D eigenvalue weighted by Gasteiger charge is -2.32. The summed E-state index contributed by atoms with van der Waals surface area (Å²) in [6.07, 6.45) is 2.36. The Morgan fingerprint density at radius 3 is 2.92 bits per heavy atom. The fourth-order valence-electron chi connectivity index (χ4n) is 3.04. The number of ether oxygens (including phenoxy) is 2. The summed E-state index contributed by atoms with van der Waals surface area (Å²) in [6.45, 7) is 3.86. The third-order valence-electron chi connectivity index (χ3n) is 4.33. The zero-order valence-electron chi connectivity index (χ0n) is 15.3. The maximum Gasteiger partial charge on any atom is 0.321 e. The summed E-state index contributed by atoms with van der Waals surface area (Å²) in [7, 11) is 5.57. The van der Waals surface area contributed by atoms with E-state index < -0.39 is 0 Å². The molecular weight excluding hydrogens is 342 g/mol. The molecule has 2 amide bonds. The number of urea groups is 1. The first-order valence-electron chi connectivity index (χ1n) is 8.61. The Bertz CT molecular complexity index is 570. The lowest BCUT2D eigenvalue weighted by Crippen LogP contribution is -2.41. The quantitative estimate of drug-likeness (QED) is 0.750. The number of amides is 2. The first-order valence-corrected chi connectivity index (χ1v) is 8.99. The fourth-order valence-corrected chi connectivity index (χ4v) is 3.28. The molecule has 0 unspecified atom stereocenters. The van der Waals surface area contributed by atoms with Gasteiger partial charge in [-0.15, -0.1) is 0 Å². The van der Waals surface area contributed by atoms with Gasteiger partial charge in [0.2, 0.25) is 0 Å². The van der Waals surface area contributed by atoms with Gasteiger partial charge in [-0.25, -0.2) is 4.79 Å². The van der Waals surface area contributed by atoms with Crippen molar-refractivity contribution in [2.75, 3.05) is 59.4 Å². The van der Waals surface area contributed by atoms with Crippen LogP contribution in [0.5, 0.6) is 5.75 Å². The molecule has 6 nitrogen and oxygen atoms in total. The minimum absolute atomic E-state index is 0.127. The number of methoxy groups -OCH3 is 1. The second-order valence-corrected chi connectivity index (χ2v) is 6.97. The zero-order valence-corrected chi connectivity index (χ0v) is 16.0. The van der Waals surface area contributed by atoms with Gasteiger partial charge in [-0.1, -0.05) is 11.6 Å². The van der Waals surface area contributed by atoms with E-state index in [1.54, 1.807) is 30.2 Å². The standard InChI is InChI=1S/C18H28ClN3O3/c1-21-8-4-5-14(12-21)13-22(2)18(23)20-15-6-7-17(16(19)11-15)25-10-9-24-3/h6-7,11,14H,4-5,8-10,12-13H2,1-3H3,(H,20,23)/t14-/m1/s1. The van der Waals surface area contributed by atoms with Gasteiger partial charge in [0.05, 0.1) is 11.6 Å². The maximum atomic E-state index is 12.4. The van der Waals surface area contributed by atoms with Crippen molar-refractivity contribution in [1.29, 1.82) is 0 Å². The highest BCUT2D eigenvalue weighted by Gasteiger charge is 2.21. The molecule has 1 aromatic carbocycles. The largest absolute Gasteiger partial charge is 0.490 e. The molecule has 0 saturated carbocycles. The molecular formula is C18H28ClN3O3. The first-order chi connectivity index (χ1) is 12.0.